The van der Waals surface area contributed by atoms with E-state index in [9.17, 15) is 4.79 Å². The van der Waals surface area contributed by atoms with E-state index >= 15 is 0 Å². The van der Waals surface area contributed by atoms with Crippen LogP contribution in [-0.2, 0) is 0 Å². The third-order valence-electron chi connectivity index (χ3n) is 6.17. The number of hydrogen-bond donors (Lipinski definition) is 1. The molecular weight excluding hydrogens is 272 g/mol. The predicted molar refractivity (Wildman–Crippen MR) is 87.6 cm³/mol. The van der Waals surface area contributed by atoms with E-state index in [1.807, 2.05) is 30.3 Å². The molecule has 4 saturated carbocycles. The summed E-state index contributed by atoms with van der Waals surface area (Å²) < 4.78 is 0. The highest BCUT2D eigenvalue weighted by atomic mass is 16.2. The van der Waals surface area contributed by atoms with Crippen LogP contribution in [0.5, 0.6) is 0 Å². The Balaban J connectivity index is 1.49. The molecule has 0 aliphatic heterocycles. The average Bonchev–Trinajstić information content (AvgIpc) is 2.51. The van der Waals surface area contributed by atoms with Crippen LogP contribution >= 0.6 is 0 Å². The molecule has 0 heterocycles. The van der Waals surface area contributed by atoms with E-state index in [0.29, 0.717) is 5.56 Å². The van der Waals surface area contributed by atoms with Crippen molar-refractivity contribution in [2.75, 3.05) is 0 Å². The second-order valence-electron chi connectivity index (χ2n) is 7.70. The number of carbonyl (C=O) groups excluding carboxylic acids is 1. The first-order valence-corrected chi connectivity index (χ1v) is 8.55. The Labute approximate surface area is 132 Å². The van der Waals surface area contributed by atoms with E-state index in [1.165, 1.54) is 38.5 Å². The Morgan fingerprint density at radius 3 is 2.14 bits per heavy atom. The van der Waals surface area contributed by atoms with Crippen molar-refractivity contribution in [2.24, 2.45) is 28.3 Å². The SMILES string of the molecule is C/C(=N\NC(=O)c1ccccc1)C12CC3CC(CC(C3)C1)C2. The van der Waals surface area contributed by atoms with Gasteiger partial charge in [-0.15, -0.1) is 0 Å². The van der Waals surface area contributed by atoms with Crippen LogP contribution in [0.15, 0.2) is 35.4 Å². The quantitative estimate of drug-likeness (QED) is 0.664. The maximum atomic E-state index is 12.2. The summed E-state index contributed by atoms with van der Waals surface area (Å²) in [6, 6.07) is 9.33. The first-order valence-electron chi connectivity index (χ1n) is 8.55. The Morgan fingerprint density at radius 2 is 1.59 bits per heavy atom. The lowest BCUT2D eigenvalue weighted by Gasteiger charge is -2.56. The number of benzene rings is 1. The molecule has 3 heteroatoms. The number of amides is 1. The third kappa shape index (κ3) is 2.37. The van der Waals surface area contributed by atoms with Gasteiger partial charge in [-0.2, -0.15) is 5.10 Å². The molecule has 0 saturated heterocycles. The van der Waals surface area contributed by atoms with E-state index < -0.39 is 0 Å². The predicted octanol–water partition coefficient (Wildman–Crippen LogP) is 4.01. The Bertz CT molecular complexity index is 570. The standard InChI is InChI=1S/C19H24N2O/c1-13(20-21-18(22)17-5-3-2-4-6-17)19-10-14-7-15(11-19)9-16(8-14)12-19/h2-6,14-16H,7-12H2,1H3,(H,21,22)/b20-13+. The fraction of sp³-hybridized carbons (Fsp3) is 0.579. The average molecular weight is 296 g/mol. The molecule has 4 bridgehead atoms. The van der Waals surface area contributed by atoms with Gasteiger partial charge in [0.05, 0.1) is 0 Å². The number of nitrogens with one attached hydrogen (secondary N) is 1. The maximum absolute atomic E-state index is 12.2. The van der Waals surface area contributed by atoms with Crippen LogP contribution in [0.1, 0.15) is 55.8 Å². The molecule has 5 rings (SSSR count). The largest absolute Gasteiger partial charge is 0.271 e. The second kappa shape index (κ2) is 5.22. The van der Waals surface area contributed by atoms with E-state index in [-0.39, 0.29) is 11.3 Å². The molecule has 0 radical (unpaired) electrons. The zero-order valence-electron chi connectivity index (χ0n) is 13.2. The molecule has 4 aliphatic rings. The molecule has 4 fully saturated rings. The molecule has 0 unspecified atom stereocenters. The lowest BCUT2D eigenvalue weighted by Crippen LogP contribution is -2.49. The van der Waals surface area contributed by atoms with Crippen LogP contribution in [0, 0.1) is 23.2 Å². The van der Waals surface area contributed by atoms with E-state index in [4.69, 9.17) is 0 Å². The minimum Gasteiger partial charge on any atom is -0.267 e. The van der Waals surface area contributed by atoms with Crippen molar-refractivity contribution >= 4 is 11.6 Å². The summed E-state index contributed by atoms with van der Waals surface area (Å²) in [5.41, 5.74) is 4.87. The summed E-state index contributed by atoms with van der Waals surface area (Å²) in [4.78, 5) is 12.2. The van der Waals surface area contributed by atoms with Gasteiger partial charge in [-0.3, -0.25) is 4.79 Å². The Kier molecular flexibility index (Phi) is 3.32. The minimum absolute atomic E-state index is 0.107. The van der Waals surface area contributed by atoms with Gasteiger partial charge in [0.15, 0.2) is 0 Å². The smallest absolute Gasteiger partial charge is 0.267 e. The molecule has 22 heavy (non-hydrogen) atoms. The lowest BCUT2D eigenvalue weighted by molar-refractivity contribution is -0.0128. The van der Waals surface area contributed by atoms with E-state index in [2.05, 4.69) is 17.5 Å². The van der Waals surface area contributed by atoms with Gasteiger partial charge in [0.2, 0.25) is 0 Å². The van der Waals surface area contributed by atoms with Crippen LogP contribution in [0.2, 0.25) is 0 Å². The van der Waals surface area contributed by atoms with Gasteiger partial charge in [0, 0.05) is 16.7 Å². The van der Waals surface area contributed by atoms with Crippen molar-refractivity contribution in [1.29, 1.82) is 0 Å². The summed E-state index contributed by atoms with van der Waals surface area (Å²) in [6.45, 7) is 2.12. The Hall–Kier alpha value is -1.64. The zero-order valence-corrected chi connectivity index (χ0v) is 13.2. The summed E-state index contributed by atoms with van der Waals surface area (Å²) >= 11 is 0. The first kappa shape index (κ1) is 14.0. The molecule has 1 amide bonds. The van der Waals surface area contributed by atoms with E-state index in [1.54, 1.807) is 0 Å². The molecule has 4 aliphatic carbocycles. The summed E-state index contributed by atoms with van der Waals surface area (Å²) in [6.07, 6.45) is 8.16. The first-order chi connectivity index (χ1) is 10.6. The molecule has 116 valence electrons. The monoisotopic (exact) mass is 296 g/mol. The van der Waals surface area contributed by atoms with Crippen LogP contribution in [-0.4, -0.2) is 11.6 Å². The maximum Gasteiger partial charge on any atom is 0.271 e. The van der Waals surface area contributed by atoms with Crippen molar-refractivity contribution < 1.29 is 4.79 Å². The van der Waals surface area contributed by atoms with Crippen molar-refractivity contribution in [2.45, 2.75) is 45.4 Å². The van der Waals surface area contributed by atoms with Gasteiger partial charge in [-0.05, 0) is 75.3 Å². The van der Waals surface area contributed by atoms with Crippen molar-refractivity contribution in [3.8, 4) is 0 Å². The topological polar surface area (TPSA) is 41.5 Å². The lowest BCUT2D eigenvalue weighted by atomic mass is 9.48. The molecule has 3 nitrogen and oxygen atoms in total. The number of nitrogens with zero attached hydrogens (tertiary/aromatic N) is 1. The van der Waals surface area contributed by atoms with Gasteiger partial charge < -0.3 is 0 Å². The second-order valence-corrected chi connectivity index (χ2v) is 7.70. The number of hydrogen-bond acceptors (Lipinski definition) is 2. The summed E-state index contributed by atoms with van der Waals surface area (Å²) in [5.74, 6) is 2.60. The third-order valence-corrected chi connectivity index (χ3v) is 6.17. The molecule has 1 aromatic rings. The van der Waals surface area contributed by atoms with Crippen LogP contribution < -0.4 is 5.43 Å². The number of hydrazone groups is 1. The molecular formula is C19H24N2O. The summed E-state index contributed by atoms with van der Waals surface area (Å²) in [5, 5.41) is 4.51. The van der Waals surface area contributed by atoms with Crippen molar-refractivity contribution in [1.82, 2.24) is 5.43 Å². The van der Waals surface area contributed by atoms with Crippen LogP contribution in [0.3, 0.4) is 0 Å². The zero-order chi connectivity index (χ0) is 15.2. The van der Waals surface area contributed by atoms with Crippen LogP contribution in [0.25, 0.3) is 0 Å². The fourth-order valence-corrected chi connectivity index (χ4v) is 5.46. The molecule has 0 atom stereocenters. The number of rotatable bonds is 3. The van der Waals surface area contributed by atoms with Gasteiger partial charge in [-0.25, -0.2) is 5.43 Å². The molecule has 1 aromatic carbocycles. The summed E-state index contributed by atoms with van der Waals surface area (Å²) in [7, 11) is 0. The van der Waals surface area contributed by atoms with Gasteiger partial charge >= 0.3 is 0 Å². The highest BCUT2D eigenvalue weighted by Gasteiger charge is 2.52. The van der Waals surface area contributed by atoms with Crippen LogP contribution in [0.4, 0.5) is 0 Å². The molecule has 0 spiro atoms. The van der Waals surface area contributed by atoms with Crippen molar-refractivity contribution in [3.05, 3.63) is 35.9 Å². The fourth-order valence-electron chi connectivity index (χ4n) is 5.46. The molecule has 0 aromatic heterocycles. The van der Waals surface area contributed by atoms with Gasteiger partial charge in [0.1, 0.15) is 0 Å². The molecule has 1 N–H and O–H groups in total. The van der Waals surface area contributed by atoms with Crippen molar-refractivity contribution in [3.63, 3.8) is 0 Å². The Morgan fingerprint density at radius 1 is 1.05 bits per heavy atom. The van der Waals surface area contributed by atoms with Gasteiger partial charge in [0.25, 0.3) is 5.91 Å². The van der Waals surface area contributed by atoms with Gasteiger partial charge in [-0.1, -0.05) is 18.2 Å². The minimum atomic E-state index is -0.107. The highest BCUT2D eigenvalue weighted by Crippen LogP contribution is 2.60. The van der Waals surface area contributed by atoms with E-state index in [0.717, 1.165) is 23.5 Å². The normalized spacial score (nSPS) is 36.4. The highest BCUT2D eigenvalue weighted by molar-refractivity contribution is 5.96. The number of carbonyl (C=O) groups is 1.